The molecule has 0 aliphatic heterocycles. The van der Waals surface area contributed by atoms with Crippen LogP contribution in [0.15, 0.2) is 0 Å². The highest BCUT2D eigenvalue weighted by molar-refractivity contribution is 6.18. The summed E-state index contributed by atoms with van der Waals surface area (Å²) in [6, 6.07) is 0. The largest absolute Gasteiger partial charge is 0.444 e. The second-order valence-electron chi connectivity index (χ2n) is 5.84. The molecule has 0 saturated heterocycles. The van der Waals surface area contributed by atoms with Crippen molar-refractivity contribution < 1.29 is 9.53 Å². The summed E-state index contributed by atoms with van der Waals surface area (Å²) >= 11 is 5.95. The number of alkyl carbamates (subject to hydrolysis) is 1. The molecule has 1 aliphatic rings. The number of nitrogens with one attached hydrogen (secondary N) is 1. The molecule has 2 atom stereocenters. The Morgan fingerprint density at radius 2 is 1.88 bits per heavy atom. The van der Waals surface area contributed by atoms with Gasteiger partial charge in [0.1, 0.15) is 5.60 Å². The maximum Gasteiger partial charge on any atom is 0.407 e. The van der Waals surface area contributed by atoms with Gasteiger partial charge in [-0.05, 0) is 45.4 Å². The maximum absolute atomic E-state index is 11.5. The summed E-state index contributed by atoms with van der Waals surface area (Å²) < 4.78 is 5.21. The zero-order valence-corrected chi connectivity index (χ0v) is 11.8. The first-order chi connectivity index (χ1) is 7.92. The third-order valence-corrected chi connectivity index (χ3v) is 3.57. The molecule has 0 aromatic heterocycles. The standard InChI is InChI=1S/C13H24ClNO2/c1-13(2,3)17-12(16)15-9-11-7-5-4-6-10(11)8-14/h10-11H,4-9H2,1-3H3,(H,15,16). The van der Waals surface area contributed by atoms with E-state index in [4.69, 9.17) is 16.3 Å². The van der Waals surface area contributed by atoms with Crippen molar-refractivity contribution in [3.63, 3.8) is 0 Å². The van der Waals surface area contributed by atoms with Crippen LogP contribution in [0.3, 0.4) is 0 Å². The second-order valence-corrected chi connectivity index (χ2v) is 6.15. The molecule has 0 radical (unpaired) electrons. The van der Waals surface area contributed by atoms with Crippen LogP contribution in [0.4, 0.5) is 4.79 Å². The Labute approximate surface area is 109 Å². The Kier molecular flexibility index (Phi) is 5.57. The van der Waals surface area contributed by atoms with Crippen molar-refractivity contribution in [3.8, 4) is 0 Å². The average Bonchev–Trinajstić information content (AvgIpc) is 2.24. The van der Waals surface area contributed by atoms with Gasteiger partial charge in [0.2, 0.25) is 0 Å². The zero-order chi connectivity index (χ0) is 12.9. The monoisotopic (exact) mass is 261 g/mol. The van der Waals surface area contributed by atoms with E-state index in [-0.39, 0.29) is 6.09 Å². The molecule has 1 amide bonds. The number of carbonyl (C=O) groups excluding carboxylic acids is 1. The summed E-state index contributed by atoms with van der Waals surface area (Å²) in [5.41, 5.74) is -0.428. The summed E-state index contributed by atoms with van der Waals surface area (Å²) in [6.07, 6.45) is 4.53. The van der Waals surface area contributed by atoms with E-state index in [1.54, 1.807) is 0 Å². The lowest BCUT2D eigenvalue weighted by Crippen LogP contribution is -2.38. The van der Waals surface area contributed by atoms with Crippen molar-refractivity contribution in [2.24, 2.45) is 11.8 Å². The van der Waals surface area contributed by atoms with E-state index in [1.165, 1.54) is 19.3 Å². The molecule has 0 bridgehead atoms. The minimum Gasteiger partial charge on any atom is -0.444 e. The molecule has 0 aromatic carbocycles. The molecule has 1 aliphatic carbocycles. The molecule has 1 rings (SSSR count). The molecule has 3 nitrogen and oxygen atoms in total. The van der Waals surface area contributed by atoms with Crippen molar-refractivity contribution in [1.29, 1.82) is 0 Å². The number of rotatable bonds is 3. The number of hydrogen-bond donors (Lipinski definition) is 1. The fourth-order valence-electron chi connectivity index (χ4n) is 2.28. The Bertz CT molecular complexity index is 250. The first kappa shape index (κ1) is 14.6. The highest BCUT2D eigenvalue weighted by Crippen LogP contribution is 2.30. The number of halogens is 1. The molecule has 0 spiro atoms. The smallest absolute Gasteiger partial charge is 0.407 e. The van der Waals surface area contributed by atoms with Crippen molar-refractivity contribution in [2.45, 2.75) is 52.1 Å². The molecular weight excluding hydrogens is 238 g/mol. The van der Waals surface area contributed by atoms with Gasteiger partial charge in [-0.3, -0.25) is 0 Å². The molecule has 0 heterocycles. The lowest BCUT2D eigenvalue weighted by atomic mass is 9.80. The van der Waals surface area contributed by atoms with Crippen molar-refractivity contribution >= 4 is 17.7 Å². The summed E-state index contributed by atoms with van der Waals surface area (Å²) in [6.45, 7) is 6.30. The summed E-state index contributed by atoms with van der Waals surface area (Å²) in [5, 5.41) is 2.85. The van der Waals surface area contributed by atoms with E-state index in [9.17, 15) is 4.79 Å². The average molecular weight is 262 g/mol. The third kappa shape index (κ3) is 5.62. The van der Waals surface area contributed by atoms with Crippen LogP contribution < -0.4 is 5.32 Å². The van der Waals surface area contributed by atoms with Crippen molar-refractivity contribution in [1.82, 2.24) is 5.32 Å². The first-order valence-corrected chi connectivity index (χ1v) is 6.98. The van der Waals surface area contributed by atoms with Crippen molar-refractivity contribution in [3.05, 3.63) is 0 Å². The fourth-order valence-corrected chi connectivity index (χ4v) is 2.69. The van der Waals surface area contributed by atoms with Gasteiger partial charge in [0, 0.05) is 12.4 Å². The van der Waals surface area contributed by atoms with Crippen molar-refractivity contribution in [2.75, 3.05) is 12.4 Å². The van der Waals surface area contributed by atoms with Crippen LogP contribution in [-0.4, -0.2) is 24.1 Å². The number of carbonyl (C=O) groups is 1. The number of amides is 1. The van der Waals surface area contributed by atoms with E-state index in [0.29, 0.717) is 24.3 Å². The Balaban J connectivity index is 2.31. The van der Waals surface area contributed by atoms with Gasteiger partial charge in [-0.25, -0.2) is 4.79 Å². The van der Waals surface area contributed by atoms with Crippen LogP contribution in [0.1, 0.15) is 46.5 Å². The predicted molar refractivity (Wildman–Crippen MR) is 70.4 cm³/mol. The SMILES string of the molecule is CC(C)(C)OC(=O)NCC1CCCCC1CCl. The molecule has 17 heavy (non-hydrogen) atoms. The summed E-state index contributed by atoms with van der Waals surface area (Å²) in [5.74, 6) is 1.75. The minimum absolute atomic E-state index is 0.323. The highest BCUT2D eigenvalue weighted by Gasteiger charge is 2.25. The van der Waals surface area contributed by atoms with E-state index in [1.807, 2.05) is 20.8 Å². The van der Waals surface area contributed by atoms with E-state index < -0.39 is 5.60 Å². The molecule has 1 N–H and O–H groups in total. The Morgan fingerprint density at radius 3 is 2.41 bits per heavy atom. The molecule has 100 valence electrons. The molecule has 1 saturated carbocycles. The van der Waals surface area contributed by atoms with E-state index in [0.717, 1.165) is 6.42 Å². The molecule has 2 unspecified atom stereocenters. The highest BCUT2D eigenvalue weighted by atomic mass is 35.5. The number of hydrogen-bond acceptors (Lipinski definition) is 2. The minimum atomic E-state index is -0.428. The molecular formula is C13H24ClNO2. The van der Waals surface area contributed by atoms with Gasteiger partial charge in [-0.2, -0.15) is 0 Å². The predicted octanol–water partition coefficient (Wildman–Crippen LogP) is 3.56. The Hall–Kier alpha value is -0.440. The lowest BCUT2D eigenvalue weighted by Gasteiger charge is -2.30. The lowest BCUT2D eigenvalue weighted by molar-refractivity contribution is 0.0508. The van der Waals surface area contributed by atoms with Crippen LogP contribution in [0.25, 0.3) is 0 Å². The zero-order valence-electron chi connectivity index (χ0n) is 11.1. The van der Waals surface area contributed by atoms with Crippen LogP contribution in [0.2, 0.25) is 0 Å². The van der Waals surface area contributed by atoms with E-state index >= 15 is 0 Å². The van der Waals surface area contributed by atoms with E-state index in [2.05, 4.69) is 5.32 Å². The third-order valence-electron chi connectivity index (χ3n) is 3.17. The number of ether oxygens (including phenoxy) is 1. The summed E-state index contributed by atoms with van der Waals surface area (Å²) in [7, 11) is 0. The van der Waals surface area contributed by atoms with Gasteiger partial charge in [-0.1, -0.05) is 12.8 Å². The molecule has 0 aromatic rings. The fraction of sp³-hybridized carbons (Fsp3) is 0.923. The second kappa shape index (κ2) is 6.48. The summed E-state index contributed by atoms with van der Waals surface area (Å²) in [4.78, 5) is 11.5. The van der Waals surface area contributed by atoms with Gasteiger partial charge in [0.15, 0.2) is 0 Å². The van der Waals surface area contributed by atoms with Crippen LogP contribution in [0, 0.1) is 11.8 Å². The van der Waals surface area contributed by atoms with Gasteiger partial charge in [0.25, 0.3) is 0 Å². The van der Waals surface area contributed by atoms with Gasteiger partial charge in [0.05, 0.1) is 0 Å². The normalized spacial score (nSPS) is 25.4. The topological polar surface area (TPSA) is 38.3 Å². The maximum atomic E-state index is 11.5. The van der Waals surface area contributed by atoms with Gasteiger partial charge in [-0.15, -0.1) is 11.6 Å². The quantitative estimate of drug-likeness (QED) is 0.789. The van der Waals surface area contributed by atoms with Crippen LogP contribution in [0.5, 0.6) is 0 Å². The molecule has 1 fully saturated rings. The van der Waals surface area contributed by atoms with Crippen LogP contribution in [-0.2, 0) is 4.74 Å². The number of alkyl halides is 1. The molecule has 4 heteroatoms. The first-order valence-electron chi connectivity index (χ1n) is 6.45. The van der Waals surface area contributed by atoms with Gasteiger partial charge < -0.3 is 10.1 Å². The Morgan fingerprint density at radius 1 is 1.29 bits per heavy atom. The van der Waals surface area contributed by atoms with Gasteiger partial charge >= 0.3 is 6.09 Å². The van der Waals surface area contributed by atoms with Crippen LogP contribution >= 0.6 is 11.6 Å².